The number of anilines is 1. The first-order valence-electron chi connectivity index (χ1n) is 4.95. The van der Waals surface area contributed by atoms with Gasteiger partial charge in [0.25, 0.3) is 0 Å². The van der Waals surface area contributed by atoms with Crippen molar-refractivity contribution in [3.63, 3.8) is 0 Å². The van der Waals surface area contributed by atoms with Crippen LogP contribution in [0.15, 0.2) is 12.1 Å². The predicted octanol–water partition coefficient (Wildman–Crippen LogP) is 2.69. The van der Waals surface area contributed by atoms with E-state index in [-0.39, 0.29) is 5.69 Å². The second-order valence-corrected chi connectivity index (χ2v) is 3.86. The largest absolute Gasteiger partial charge is 0.382 e. The van der Waals surface area contributed by atoms with E-state index >= 15 is 0 Å². The molecule has 1 N–H and O–H groups in total. The van der Waals surface area contributed by atoms with Gasteiger partial charge >= 0.3 is 5.69 Å². The molecule has 0 heterocycles. The highest BCUT2D eigenvalue weighted by atomic mass is 19.1. The van der Waals surface area contributed by atoms with Crippen molar-refractivity contribution in [2.24, 2.45) is 5.92 Å². The van der Waals surface area contributed by atoms with Gasteiger partial charge in [-0.15, -0.1) is 0 Å². The monoisotopic (exact) mass is 228 g/mol. The molecule has 16 heavy (non-hydrogen) atoms. The summed E-state index contributed by atoms with van der Waals surface area (Å²) in [5, 5.41) is 13.2. The Kier molecular flexibility index (Phi) is 2.72. The van der Waals surface area contributed by atoms with Crippen molar-refractivity contribution in [1.82, 2.24) is 0 Å². The van der Waals surface area contributed by atoms with Gasteiger partial charge in [-0.1, -0.05) is 0 Å². The number of benzene rings is 1. The van der Waals surface area contributed by atoms with E-state index in [2.05, 4.69) is 5.32 Å². The number of nitrogens with zero attached hydrogens (tertiary/aromatic N) is 1. The van der Waals surface area contributed by atoms with Crippen LogP contribution in [0, 0.1) is 27.7 Å². The first kappa shape index (κ1) is 10.8. The quantitative estimate of drug-likeness (QED) is 0.636. The fourth-order valence-electron chi connectivity index (χ4n) is 1.39. The summed E-state index contributed by atoms with van der Waals surface area (Å²) in [6.07, 6.45) is 2.16. The van der Waals surface area contributed by atoms with Crippen molar-refractivity contribution in [1.29, 1.82) is 0 Å². The van der Waals surface area contributed by atoms with E-state index in [1.165, 1.54) is 0 Å². The van der Waals surface area contributed by atoms with Crippen molar-refractivity contribution in [3.8, 4) is 0 Å². The van der Waals surface area contributed by atoms with Gasteiger partial charge in [0.1, 0.15) is 5.82 Å². The molecule has 86 valence electrons. The Balaban J connectivity index is 2.21. The molecular formula is C10H10F2N2O2. The molecule has 0 amide bonds. The maximum Gasteiger partial charge on any atom is 0.307 e. The van der Waals surface area contributed by atoms with Gasteiger partial charge in [0.2, 0.25) is 5.82 Å². The predicted molar refractivity (Wildman–Crippen MR) is 54.2 cm³/mol. The third-order valence-corrected chi connectivity index (χ3v) is 2.51. The summed E-state index contributed by atoms with van der Waals surface area (Å²) in [4.78, 5) is 9.59. The van der Waals surface area contributed by atoms with E-state index < -0.39 is 22.2 Å². The molecule has 6 heteroatoms. The fourth-order valence-corrected chi connectivity index (χ4v) is 1.39. The maximum absolute atomic E-state index is 13.2. The third-order valence-electron chi connectivity index (χ3n) is 2.51. The Hall–Kier alpha value is -1.72. The second kappa shape index (κ2) is 4.03. The van der Waals surface area contributed by atoms with Crippen molar-refractivity contribution in [2.75, 3.05) is 11.9 Å². The lowest BCUT2D eigenvalue weighted by atomic mass is 10.2. The SMILES string of the molecule is O=[N+]([O-])c1cc(NCC2CC2)c(F)cc1F. The van der Waals surface area contributed by atoms with E-state index in [1.54, 1.807) is 0 Å². The lowest BCUT2D eigenvalue weighted by Crippen LogP contribution is -2.06. The minimum Gasteiger partial charge on any atom is -0.382 e. The van der Waals surface area contributed by atoms with Crippen LogP contribution in [-0.2, 0) is 0 Å². The average molecular weight is 228 g/mol. The number of rotatable bonds is 4. The molecule has 0 aliphatic heterocycles. The molecule has 0 atom stereocenters. The number of nitro benzene ring substituents is 1. The van der Waals surface area contributed by atoms with Crippen LogP contribution in [0.3, 0.4) is 0 Å². The molecule has 0 aromatic heterocycles. The summed E-state index contributed by atoms with van der Waals surface area (Å²) in [7, 11) is 0. The van der Waals surface area contributed by atoms with Gasteiger partial charge in [-0.05, 0) is 18.8 Å². The van der Waals surface area contributed by atoms with Gasteiger partial charge in [-0.25, -0.2) is 4.39 Å². The second-order valence-electron chi connectivity index (χ2n) is 3.86. The molecule has 0 unspecified atom stereocenters. The molecular weight excluding hydrogens is 218 g/mol. The number of nitro groups is 1. The van der Waals surface area contributed by atoms with E-state index in [4.69, 9.17) is 0 Å². The van der Waals surface area contributed by atoms with Crippen LogP contribution in [0.1, 0.15) is 12.8 Å². The standard InChI is InChI=1S/C10H10F2N2O2/c11-7-3-8(12)10(14(15)16)4-9(7)13-5-6-1-2-6/h3-4,6,13H,1-2,5H2. The smallest absolute Gasteiger partial charge is 0.307 e. The number of hydrogen-bond donors (Lipinski definition) is 1. The molecule has 0 radical (unpaired) electrons. The van der Waals surface area contributed by atoms with Crippen LogP contribution in [0.25, 0.3) is 0 Å². The van der Waals surface area contributed by atoms with Crippen LogP contribution in [-0.4, -0.2) is 11.5 Å². The summed E-state index contributed by atoms with van der Waals surface area (Å²) in [6.45, 7) is 0.569. The highest BCUT2D eigenvalue weighted by Gasteiger charge is 2.23. The summed E-state index contributed by atoms with van der Waals surface area (Å²) in [5.41, 5.74) is -0.723. The topological polar surface area (TPSA) is 55.2 Å². The Morgan fingerprint density at radius 1 is 1.38 bits per heavy atom. The van der Waals surface area contributed by atoms with E-state index in [9.17, 15) is 18.9 Å². The zero-order valence-corrected chi connectivity index (χ0v) is 8.37. The molecule has 1 saturated carbocycles. The Morgan fingerprint density at radius 3 is 2.62 bits per heavy atom. The Labute approximate surface area is 90.4 Å². The lowest BCUT2D eigenvalue weighted by molar-refractivity contribution is -0.387. The van der Waals surface area contributed by atoms with Gasteiger partial charge in [-0.3, -0.25) is 10.1 Å². The molecule has 0 saturated heterocycles. The number of halogens is 2. The highest BCUT2D eigenvalue weighted by Crippen LogP contribution is 2.30. The van der Waals surface area contributed by atoms with Crippen molar-refractivity contribution in [2.45, 2.75) is 12.8 Å². The van der Waals surface area contributed by atoms with Crippen LogP contribution in [0.2, 0.25) is 0 Å². The minimum absolute atomic E-state index is 0.0139. The zero-order valence-electron chi connectivity index (χ0n) is 8.37. The van der Waals surface area contributed by atoms with E-state index in [0.29, 0.717) is 18.5 Å². The Bertz CT molecular complexity index is 433. The molecule has 1 aliphatic carbocycles. The molecule has 1 aliphatic rings. The molecule has 0 bridgehead atoms. The first-order chi connectivity index (χ1) is 7.58. The summed E-state index contributed by atoms with van der Waals surface area (Å²) < 4.78 is 26.2. The fraction of sp³-hybridized carbons (Fsp3) is 0.400. The summed E-state index contributed by atoms with van der Waals surface area (Å²) in [6, 6.07) is 1.43. The zero-order chi connectivity index (χ0) is 11.7. The molecule has 1 aromatic rings. The number of hydrogen-bond acceptors (Lipinski definition) is 3. The minimum atomic E-state index is -1.15. The molecule has 0 spiro atoms. The van der Waals surface area contributed by atoms with Gasteiger partial charge in [-0.2, -0.15) is 4.39 Å². The first-order valence-corrected chi connectivity index (χ1v) is 4.95. The summed E-state index contributed by atoms with van der Waals surface area (Å²) in [5.74, 6) is -1.45. The van der Waals surface area contributed by atoms with Crippen molar-refractivity contribution in [3.05, 3.63) is 33.9 Å². The summed E-state index contributed by atoms with van der Waals surface area (Å²) >= 11 is 0. The number of nitrogens with one attached hydrogen (secondary N) is 1. The van der Waals surface area contributed by atoms with Crippen LogP contribution < -0.4 is 5.32 Å². The van der Waals surface area contributed by atoms with Crippen molar-refractivity contribution >= 4 is 11.4 Å². The van der Waals surface area contributed by atoms with Crippen LogP contribution in [0.5, 0.6) is 0 Å². The highest BCUT2D eigenvalue weighted by molar-refractivity contribution is 5.53. The van der Waals surface area contributed by atoms with Crippen LogP contribution in [0.4, 0.5) is 20.2 Å². The molecule has 4 nitrogen and oxygen atoms in total. The van der Waals surface area contributed by atoms with E-state index in [1.807, 2.05) is 0 Å². The van der Waals surface area contributed by atoms with Crippen LogP contribution >= 0.6 is 0 Å². The third kappa shape index (κ3) is 2.26. The maximum atomic E-state index is 13.2. The van der Waals surface area contributed by atoms with Gasteiger partial charge in [0, 0.05) is 18.7 Å². The average Bonchev–Trinajstić information content (AvgIpc) is 2.99. The van der Waals surface area contributed by atoms with Crippen molar-refractivity contribution < 1.29 is 13.7 Å². The Morgan fingerprint density at radius 2 is 2.06 bits per heavy atom. The molecule has 1 aromatic carbocycles. The van der Waals surface area contributed by atoms with Gasteiger partial charge in [0.05, 0.1) is 10.6 Å². The molecule has 2 rings (SSSR count). The normalized spacial score (nSPS) is 14.9. The van der Waals surface area contributed by atoms with Gasteiger partial charge in [0.15, 0.2) is 0 Å². The molecule has 1 fully saturated rings. The van der Waals surface area contributed by atoms with E-state index in [0.717, 1.165) is 18.9 Å². The lowest BCUT2D eigenvalue weighted by Gasteiger charge is -2.06. The van der Waals surface area contributed by atoms with Gasteiger partial charge < -0.3 is 5.32 Å².